The highest BCUT2D eigenvalue weighted by molar-refractivity contribution is 5.16. The van der Waals surface area contributed by atoms with Crippen LogP contribution in [-0.2, 0) is 11.3 Å². The first-order valence-electron chi connectivity index (χ1n) is 5.47. The summed E-state index contributed by atoms with van der Waals surface area (Å²) in [6.45, 7) is 2.91. The number of nitrogens with one attached hydrogen (secondary N) is 1. The van der Waals surface area contributed by atoms with E-state index in [1.54, 1.807) is 0 Å². The number of halogens is 2. The summed E-state index contributed by atoms with van der Waals surface area (Å²) in [6, 6.07) is 3.47. The molecule has 0 spiro atoms. The van der Waals surface area contributed by atoms with Crippen molar-refractivity contribution >= 4 is 0 Å². The molecule has 16 heavy (non-hydrogen) atoms. The van der Waals surface area contributed by atoms with E-state index in [1.165, 1.54) is 12.1 Å². The average molecular weight is 227 g/mol. The number of hydrogen-bond donors (Lipinski definition) is 1. The minimum Gasteiger partial charge on any atom is -0.376 e. The maximum absolute atomic E-state index is 12.9. The molecule has 0 amide bonds. The van der Waals surface area contributed by atoms with Crippen molar-refractivity contribution in [2.75, 3.05) is 19.7 Å². The van der Waals surface area contributed by atoms with E-state index in [0.717, 1.165) is 25.6 Å². The van der Waals surface area contributed by atoms with E-state index in [2.05, 4.69) is 5.32 Å². The molecule has 4 heteroatoms. The zero-order valence-corrected chi connectivity index (χ0v) is 9.01. The van der Waals surface area contributed by atoms with Crippen LogP contribution in [0.5, 0.6) is 0 Å². The van der Waals surface area contributed by atoms with Gasteiger partial charge in [0.1, 0.15) is 11.6 Å². The normalized spacial score (nSPS) is 20.2. The third kappa shape index (κ3) is 3.25. The minimum absolute atomic E-state index is 0.269. The zero-order valence-electron chi connectivity index (χ0n) is 9.01. The summed E-state index contributed by atoms with van der Waals surface area (Å²) in [5.41, 5.74) is 0.545. The van der Waals surface area contributed by atoms with Gasteiger partial charge in [-0.3, -0.25) is 0 Å². The zero-order chi connectivity index (χ0) is 11.4. The second kappa shape index (κ2) is 5.37. The molecule has 1 aliphatic heterocycles. The summed E-state index contributed by atoms with van der Waals surface area (Å²) in [5, 5.41) is 3.24. The Balaban J connectivity index is 1.80. The van der Waals surface area contributed by atoms with E-state index in [9.17, 15) is 8.78 Å². The van der Waals surface area contributed by atoms with E-state index in [-0.39, 0.29) is 6.61 Å². The first-order valence-corrected chi connectivity index (χ1v) is 5.47. The lowest BCUT2D eigenvalue weighted by atomic mass is 10.1. The monoisotopic (exact) mass is 227 g/mol. The highest BCUT2D eigenvalue weighted by Gasteiger charge is 2.14. The van der Waals surface area contributed by atoms with Crippen molar-refractivity contribution in [2.24, 2.45) is 5.92 Å². The molecule has 1 aromatic rings. The Morgan fingerprint density at radius 3 is 2.62 bits per heavy atom. The molecule has 0 unspecified atom stereocenters. The van der Waals surface area contributed by atoms with E-state index < -0.39 is 11.6 Å². The highest BCUT2D eigenvalue weighted by atomic mass is 19.1. The van der Waals surface area contributed by atoms with Crippen molar-refractivity contribution in [3.8, 4) is 0 Å². The van der Waals surface area contributed by atoms with Crippen molar-refractivity contribution < 1.29 is 13.5 Å². The standard InChI is InChI=1S/C12H15F2NO/c13-11-3-10(4-12(14)5-11)8-16-7-9-1-2-15-6-9/h3-5,9,15H,1-2,6-8H2/t9-/m1/s1. The highest BCUT2D eigenvalue weighted by Crippen LogP contribution is 2.12. The minimum atomic E-state index is -0.555. The largest absolute Gasteiger partial charge is 0.376 e. The first-order chi connectivity index (χ1) is 7.74. The summed E-state index contributed by atoms with van der Waals surface area (Å²) in [4.78, 5) is 0. The second-order valence-corrected chi connectivity index (χ2v) is 4.15. The van der Waals surface area contributed by atoms with Crippen LogP contribution in [0.25, 0.3) is 0 Å². The molecule has 0 bridgehead atoms. The molecule has 1 heterocycles. The van der Waals surface area contributed by atoms with Gasteiger partial charge in [0.2, 0.25) is 0 Å². The summed E-state index contributed by atoms with van der Waals surface area (Å²) >= 11 is 0. The predicted octanol–water partition coefficient (Wildman–Crippen LogP) is 2.09. The quantitative estimate of drug-likeness (QED) is 0.850. The third-order valence-electron chi connectivity index (χ3n) is 2.71. The molecule has 88 valence electrons. The Bertz CT molecular complexity index is 331. The summed E-state index contributed by atoms with van der Waals surface area (Å²) in [7, 11) is 0. The average Bonchev–Trinajstić information content (AvgIpc) is 2.69. The molecule has 1 aliphatic rings. The molecule has 1 atom stereocenters. The maximum Gasteiger partial charge on any atom is 0.126 e. The van der Waals surface area contributed by atoms with Crippen LogP contribution in [0.1, 0.15) is 12.0 Å². The second-order valence-electron chi connectivity index (χ2n) is 4.15. The summed E-state index contributed by atoms with van der Waals surface area (Å²) < 4.78 is 31.1. The fourth-order valence-electron chi connectivity index (χ4n) is 1.89. The Kier molecular flexibility index (Phi) is 3.85. The summed E-state index contributed by atoms with van der Waals surface area (Å²) in [5.74, 6) is -0.583. The van der Waals surface area contributed by atoms with Gasteiger partial charge in [0.25, 0.3) is 0 Å². The van der Waals surface area contributed by atoms with Crippen molar-refractivity contribution in [3.63, 3.8) is 0 Å². The van der Waals surface area contributed by atoms with Crippen molar-refractivity contribution in [1.82, 2.24) is 5.32 Å². The predicted molar refractivity (Wildman–Crippen MR) is 57.0 cm³/mol. The van der Waals surface area contributed by atoms with Crippen LogP contribution in [0.2, 0.25) is 0 Å². The van der Waals surface area contributed by atoms with Crippen LogP contribution in [0, 0.1) is 17.6 Å². The van der Waals surface area contributed by atoms with E-state index in [0.29, 0.717) is 18.1 Å². The lowest BCUT2D eigenvalue weighted by Gasteiger charge is -2.09. The van der Waals surface area contributed by atoms with Gasteiger partial charge < -0.3 is 10.1 Å². The fraction of sp³-hybridized carbons (Fsp3) is 0.500. The maximum atomic E-state index is 12.9. The van der Waals surface area contributed by atoms with Gasteiger partial charge in [0.15, 0.2) is 0 Å². The van der Waals surface area contributed by atoms with E-state index >= 15 is 0 Å². The molecular weight excluding hydrogens is 212 g/mol. The molecule has 2 rings (SSSR count). The van der Waals surface area contributed by atoms with Crippen LogP contribution in [0.3, 0.4) is 0 Å². The fourth-order valence-corrected chi connectivity index (χ4v) is 1.89. The third-order valence-corrected chi connectivity index (χ3v) is 2.71. The molecule has 1 fully saturated rings. The smallest absolute Gasteiger partial charge is 0.126 e. The van der Waals surface area contributed by atoms with Crippen LogP contribution >= 0.6 is 0 Å². The Labute approximate surface area is 93.6 Å². The van der Waals surface area contributed by atoms with Gasteiger partial charge >= 0.3 is 0 Å². The molecule has 1 aromatic carbocycles. The molecule has 0 saturated carbocycles. The van der Waals surface area contributed by atoms with Gasteiger partial charge in [-0.15, -0.1) is 0 Å². The molecular formula is C12H15F2NO. The first kappa shape index (κ1) is 11.5. The van der Waals surface area contributed by atoms with Crippen LogP contribution in [0.4, 0.5) is 8.78 Å². The molecule has 1 N–H and O–H groups in total. The number of ether oxygens (including phenoxy) is 1. The topological polar surface area (TPSA) is 21.3 Å². The molecule has 0 aromatic heterocycles. The lowest BCUT2D eigenvalue weighted by molar-refractivity contribution is 0.0921. The molecule has 2 nitrogen and oxygen atoms in total. The van der Waals surface area contributed by atoms with Crippen molar-refractivity contribution in [1.29, 1.82) is 0 Å². The molecule has 0 aliphatic carbocycles. The van der Waals surface area contributed by atoms with E-state index in [4.69, 9.17) is 4.74 Å². The Morgan fingerprint density at radius 1 is 1.25 bits per heavy atom. The van der Waals surface area contributed by atoms with Gasteiger partial charge in [0.05, 0.1) is 13.2 Å². The van der Waals surface area contributed by atoms with Crippen molar-refractivity contribution in [3.05, 3.63) is 35.4 Å². The number of hydrogen-bond acceptors (Lipinski definition) is 2. The Morgan fingerprint density at radius 2 is 2.00 bits per heavy atom. The summed E-state index contributed by atoms with van der Waals surface area (Å²) in [6.07, 6.45) is 1.11. The Hall–Kier alpha value is -1.00. The van der Waals surface area contributed by atoms with Crippen LogP contribution < -0.4 is 5.32 Å². The molecule has 0 radical (unpaired) electrons. The van der Waals surface area contributed by atoms with Gasteiger partial charge in [-0.1, -0.05) is 0 Å². The lowest BCUT2D eigenvalue weighted by Crippen LogP contribution is -2.13. The van der Waals surface area contributed by atoms with Gasteiger partial charge in [-0.2, -0.15) is 0 Å². The number of benzene rings is 1. The van der Waals surface area contributed by atoms with Gasteiger partial charge in [-0.25, -0.2) is 8.78 Å². The molecule has 1 saturated heterocycles. The number of rotatable bonds is 4. The van der Waals surface area contributed by atoms with Crippen LogP contribution in [0.15, 0.2) is 18.2 Å². The van der Waals surface area contributed by atoms with Crippen molar-refractivity contribution in [2.45, 2.75) is 13.0 Å². The van der Waals surface area contributed by atoms with Gasteiger partial charge in [-0.05, 0) is 36.6 Å². The SMILES string of the molecule is Fc1cc(F)cc(COC[C@@H]2CCNC2)c1. The van der Waals surface area contributed by atoms with Gasteiger partial charge in [0, 0.05) is 12.6 Å². The van der Waals surface area contributed by atoms with E-state index in [1.807, 2.05) is 0 Å². The van der Waals surface area contributed by atoms with Crippen LogP contribution in [-0.4, -0.2) is 19.7 Å².